The number of aryl methyl sites for hydroxylation is 1. The van der Waals surface area contributed by atoms with E-state index in [1.54, 1.807) is 7.11 Å². The van der Waals surface area contributed by atoms with Gasteiger partial charge in [0.2, 0.25) is 0 Å². The Hall–Kier alpha value is -1.99. The molecule has 1 aromatic carbocycles. The normalized spacial score (nSPS) is 12.7. The summed E-state index contributed by atoms with van der Waals surface area (Å²) in [6.45, 7) is 10.8. The number of hydrogen-bond acceptors (Lipinski definition) is 5. The van der Waals surface area contributed by atoms with Gasteiger partial charge in [0, 0.05) is 26.2 Å². The minimum Gasteiger partial charge on any atom is -0.493 e. The van der Waals surface area contributed by atoms with Crippen molar-refractivity contribution in [3.8, 4) is 11.5 Å². The molecular formula is C23H42N4O3. The van der Waals surface area contributed by atoms with E-state index in [1.807, 2.05) is 19.9 Å². The van der Waals surface area contributed by atoms with Gasteiger partial charge in [0.15, 0.2) is 17.5 Å². The van der Waals surface area contributed by atoms with Gasteiger partial charge in [-0.3, -0.25) is 4.99 Å². The van der Waals surface area contributed by atoms with Crippen molar-refractivity contribution in [1.82, 2.24) is 15.5 Å². The molecule has 172 valence electrons. The zero-order chi connectivity index (χ0) is 22.2. The molecule has 0 heterocycles. The smallest absolute Gasteiger partial charge is 0.191 e. The van der Waals surface area contributed by atoms with Gasteiger partial charge in [-0.2, -0.15) is 0 Å². The van der Waals surface area contributed by atoms with Crippen LogP contribution in [0.4, 0.5) is 0 Å². The van der Waals surface area contributed by atoms with Crippen molar-refractivity contribution in [3.63, 3.8) is 0 Å². The van der Waals surface area contributed by atoms with Crippen LogP contribution < -0.4 is 20.1 Å². The van der Waals surface area contributed by atoms with E-state index in [0.29, 0.717) is 19.8 Å². The Bertz CT molecular complexity index is 608. The van der Waals surface area contributed by atoms with Gasteiger partial charge >= 0.3 is 0 Å². The average molecular weight is 423 g/mol. The average Bonchev–Trinajstić information content (AvgIpc) is 2.73. The predicted octanol–water partition coefficient (Wildman–Crippen LogP) is 2.94. The summed E-state index contributed by atoms with van der Waals surface area (Å²) < 4.78 is 16.9. The number of aliphatic imine (C=N–C) groups is 1. The first-order valence-electron chi connectivity index (χ1n) is 11.1. The van der Waals surface area contributed by atoms with Crippen LogP contribution in [0.1, 0.15) is 39.2 Å². The van der Waals surface area contributed by atoms with Crippen LogP contribution in [0.5, 0.6) is 11.5 Å². The van der Waals surface area contributed by atoms with Crippen molar-refractivity contribution in [2.24, 2.45) is 4.99 Å². The van der Waals surface area contributed by atoms with Gasteiger partial charge in [0.05, 0.1) is 26.4 Å². The molecule has 0 radical (unpaired) electrons. The van der Waals surface area contributed by atoms with Crippen LogP contribution in [0, 0.1) is 0 Å². The third-order valence-electron chi connectivity index (χ3n) is 4.56. The molecule has 0 fully saturated rings. The van der Waals surface area contributed by atoms with Crippen LogP contribution in [0.15, 0.2) is 23.2 Å². The van der Waals surface area contributed by atoms with Gasteiger partial charge in [-0.25, -0.2) is 0 Å². The number of ether oxygens (including phenoxy) is 3. The maximum atomic E-state index is 5.84. The Morgan fingerprint density at radius 3 is 2.53 bits per heavy atom. The van der Waals surface area contributed by atoms with Crippen LogP contribution in [0.3, 0.4) is 0 Å². The summed E-state index contributed by atoms with van der Waals surface area (Å²) >= 11 is 0. The third-order valence-corrected chi connectivity index (χ3v) is 4.56. The van der Waals surface area contributed by atoms with Gasteiger partial charge in [-0.05, 0) is 71.8 Å². The molecule has 1 atom stereocenters. The van der Waals surface area contributed by atoms with Crippen molar-refractivity contribution in [3.05, 3.63) is 23.8 Å². The Morgan fingerprint density at radius 1 is 1.10 bits per heavy atom. The molecule has 0 aliphatic carbocycles. The molecule has 0 bridgehead atoms. The van der Waals surface area contributed by atoms with Gasteiger partial charge in [0.1, 0.15) is 0 Å². The van der Waals surface area contributed by atoms with Crippen molar-refractivity contribution in [1.29, 1.82) is 0 Å². The maximum absolute atomic E-state index is 5.84. The maximum Gasteiger partial charge on any atom is 0.191 e. The molecule has 7 nitrogen and oxygen atoms in total. The fourth-order valence-electron chi connectivity index (χ4n) is 3.04. The number of nitrogens with one attached hydrogen (secondary N) is 2. The van der Waals surface area contributed by atoms with Crippen molar-refractivity contribution < 1.29 is 14.2 Å². The topological polar surface area (TPSA) is 67.4 Å². The van der Waals surface area contributed by atoms with E-state index in [4.69, 9.17) is 19.2 Å². The van der Waals surface area contributed by atoms with Crippen molar-refractivity contribution in [2.75, 3.05) is 60.6 Å². The summed E-state index contributed by atoms with van der Waals surface area (Å²) in [5.41, 5.74) is 1.24. The lowest BCUT2D eigenvalue weighted by Gasteiger charge is -2.19. The number of rotatable bonds is 15. The summed E-state index contributed by atoms with van der Waals surface area (Å²) in [4.78, 5) is 6.91. The summed E-state index contributed by atoms with van der Waals surface area (Å²) in [5, 5.41) is 6.75. The number of guanidine groups is 1. The molecule has 0 spiro atoms. The SMILES string of the molecule is CCNC(=NCC(CCN(C)C)OCC)NCCCc1ccc(OC)c(OCC)c1. The van der Waals surface area contributed by atoms with E-state index < -0.39 is 0 Å². The highest BCUT2D eigenvalue weighted by molar-refractivity contribution is 5.79. The van der Waals surface area contributed by atoms with Gasteiger partial charge in [-0.1, -0.05) is 6.07 Å². The summed E-state index contributed by atoms with van der Waals surface area (Å²) in [6, 6.07) is 6.14. The van der Waals surface area contributed by atoms with Crippen molar-refractivity contribution >= 4 is 5.96 Å². The van der Waals surface area contributed by atoms with Gasteiger partial charge < -0.3 is 29.7 Å². The molecule has 2 N–H and O–H groups in total. The molecule has 1 rings (SSSR count). The fourth-order valence-corrected chi connectivity index (χ4v) is 3.04. The van der Waals surface area contributed by atoms with Crippen LogP contribution in [-0.4, -0.2) is 77.6 Å². The first-order valence-corrected chi connectivity index (χ1v) is 11.1. The standard InChI is InChI=1S/C23H42N4O3/c1-7-24-23(26-18-20(29-8-2)14-16-27(4)5)25-15-10-11-19-12-13-21(28-6)22(17-19)30-9-3/h12-13,17,20H,7-11,14-16,18H2,1-6H3,(H2,24,25,26). The second kappa shape index (κ2) is 15.8. The number of benzene rings is 1. The van der Waals surface area contributed by atoms with Crippen molar-refractivity contribution in [2.45, 2.75) is 46.1 Å². The molecule has 0 amide bonds. The van der Waals surface area contributed by atoms with Crippen LogP contribution in [-0.2, 0) is 11.2 Å². The number of nitrogens with zero attached hydrogens (tertiary/aromatic N) is 2. The number of hydrogen-bond donors (Lipinski definition) is 2. The first kappa shape index (κ1) is 26.0. The lowest BCUT2D eigenvalue weighted by Crippen LogP contribution is -2.38. The van der Waals surface area contributed by atoms with E-state index in [9.17, 15) is 0 Å². The minimum atomic E-state index is 0.143. The predicted molar refractivity (Wildman–Crippen MR) is 125 cm³/mol. The molecule has 0 aliphatic heterocycles. The van der Waals surface area contributed by atoms with E-state index in [0.717, 1.165) is 56.4 Å². The molecule has 1 unspecified atom stereocenters. The first-order chi connectivity index (χ1) is 14.5. The summed E-state index contributed by atoms with van der Waals surface area (Å²) in [7, 11) is 5.83. The molecule has 0 aliphatic rings. The zero-order valence-electron chi connectivity index (χ0n) is 19.8. The second-order valence-electron chi connectivity index (χ2n) is 7.34. The molecule has 7 heteroatoms. The van der Waals surface area contributed by atoms with E-state index in [-0.39, 0.29) is 6.10 Å². The second-order valence-corrected chi connectivity index (χ2v) is 7.34. The molecule has 0 saturated heterocycles. The number of methoxy groups -OCH3 is 1. The van der Waals surface area contributed by atoms with E-state index in [2.05, 4.69) is 48.7 Å². The Balaban J connectivity index is 2.53. The zero-order valence-corrected chi connectivity index (χ0v) is 19.8. The van der Waals surface area contributed by atoms with E-state index in [1.165, 1.54) is 5.56 Å². The Morgan fingerprint density at radius 2 is 1.90 bits per heavy atom. The third kappa shape index (κ3) is 10.7. The highest BCUT2D eigenvalue weighted by Gasteiger charge is 2.09. The highest BCUT2D eigenvalue weighted by atomic mass is 16.5. The molecular weight excluding hydrogens is 380 g/mol. The highest BCUT2D eigenvalue weighted by Crippen LogP contribution is 2.28. The Kier molecular flexibility index (Phi) is 13.7. The lowest BCUT2D eigenvalue weighted by atomic mass is 10.1. The molecule has 0 aromatic heterocycles. The van der Waals surface area contributed by atoms with Crippen LogP contribution in [0.2, 0.25) is 0 Å². The fraction of sp³-hybridized carbons (Fsp3) is 0.696. The van der Waals surface area contributed by atoms with Gasteiger partial charge in [0.25, 0.3) is 0 Å². The molecule has 0 saturated carbocycles. The lowest BCUT2D eigenvalue weighted by molar-refractivity contribution is 0.0582. The van der Waals surface area contributed by atoms with E-state index >= 15 is 0 Å². The van der Waals surface area contributed by atoms with Gasteiger partial charge in [-0.15, -0.1) is 0 Å². The monoisotopic (exact) mass is 422 g/mol. The Labute approximate surface area is 183 Å². The largest absolute Gasteiger partial charge is 0.493 e. The van der Waals surface area contributed by atoms with Crippen LogP contribution in [0.25, 0.3) is 0 Å². The van der Waals surface area contributed by atoms with Crippen LogP contribution >= 0.6 is 0 Å². The molecule has 30 heavy (non-hydrogen) atoms. The quantitative estimate of drug-likeness (QED) is 0.257. The summed E-state index contributed by atoms with van der Waals surface area (Å²) in [6.07, 6.45) is 3.08. The minimum absolute atomic E-state index is 0.143. The summed E-state index contributed by atoms with van der Waals surface area (Å²) in [5.74, 6) is 2.43. The molecule has 1 aromatic rings.